The zero-order valence-corrected chi connectivity index (χ0v) is 24.2. The maximum absolute atomic E-state index is 13.4. The molecule has 2 N–H and O–H groups in total. The Morgan fingerprint density at radius 1 is 1.15 bits per heavy atom. The summed E-state index contributed by atoms with van der Waals surface area (Å²) < 4.78 is 65.3. The number of carbonyl (C=O) groups is 1. The third-order valence-corrected chi connectivity index (χ3v) is 9.75. The minimum absolute atomic E-state index is 0.00578. The second-order valence-electron chi connectivity index (χ2n) is 11.3. The Bertz CT molecular complexity index is 1250. The number of alkyl halides is 2. The number of halogens is 2. The molecule has 0 radical (unpaired) electrons. The van der Waals surface area contributed by atoms with Crippen LogP contribution in [-0.2, 0) is 21.2 Å². The monoisotopic (exact) mass is 585 g/mol. The summed E-state index contributed by atoms with van der Waals surface area (Å²) in [6.45, 7) is 2.95. The Morgan fingerprint density at radius 2 is 1.85 bits per heavy atom. The molecule has 216 valence electrons. The number of rotatable bonds is 9. The molecule has 4 rings (SSSR count). The van der Waals surface area contributed by atoms with E-state index in [1.807, 2.05) is 0 Å². The van der Waals surface area contributed by atoms with Crippen LogP contribution >= 0.6 is 11.3 Å². The van der Waals surface area contributed by atoms with Crippen molar-refractivity contribution in [2.24, 2.45) is 5.92 Å². The molecule has 39 heavy (non-hydrogen) atoms. The Kier molecular flexibility index (Phi) is 9.61. The highest BCUT2D eigenvalue weighted by molar-refractivity contribution is 7.89. The second kappa shape index (κ2) is 12.6. The SMILES string of the molecule is CC(C)(C)NS(=O)(=O)c1ccc(-c2sc(C(=O)NC3CCOCC3)nc2CC2CCCCC2)cc1OC(F)F. The fraction of sp³-hybridized carbons (Fsp3) is 0.630. The van der Waals surface area contributed by atoms with Crippen LogP contribution in [0, 0.1) is 5.92 Å². The number of thiazole rings is 1. The molecule has 2 aliphatic rings. The number of hydrogen-bond acceptors (Lipinski definition) is 7. The van der Waals surface area contributed by atoms with Gasteiger partial charge in [-0.1, -0.05) is 38.2 Å². The zero-order valence-electron chi connectivity index (χ0n) is 22.6. The van der Waals surface area contributed by atoms with Gasteiger partial charge in [-0.25, -0.2) is 18.1 Å². The molecule has 2 aromatic rings. The first-order valence-electron chi connectivity index (χ1n) is 13.4. The lowest BCUT2D eigenvalue weighted by molar-refractivity contribution is -0.0517. The summed E-state index contributed by atoms with van der Waals surface area (Å²) in [4.78, 5) is 18.1. The van der Waals surface area contributed by atoms with Gasteiger partial charge in [0.05, 0.1) is 10.6 Å². The number of nitrogens with one attached hydrogen (secondary N) is 2. The van der Waals surface area contributed by atoms with E-state index in [0.29, 0.717) is 41.0 Å². The van der Waals surface area contributed by atoms with Crippen LogP contribution in [0.1, 0.15) is 81.2 Å². The minimum Gasteiger partial charge on any atom is -0.433 e. The number of nitrogens with zero attached hydrogens (tertiary/aromatic N) is 1. The maximum Gasteiger partial charge on any atom is 0.387 e. The quantitative estimate of drug-likeness (QED) is 0.402. The summed E-state index contributed by atoms with van der Waals surface area (Å²) in [6.07, 6.45) is 7.73. The number of ether oxygens (including phenoxy) is 2. The van der Waals surface area contributed by atoms with Gasteiger partial charge in [-0.15, -0.1) is 11.3 Å². The van der Waals surface area contributed by atoms with Crippen LogP contribution in [0.4, 0.5) is 8.78 Å². The van der Waals surface area contributed by atoms with Gasteiger partial charge in [0, 0.05) is 24.8 Å². The molecular weight excluding hydrogens is 548 g/mol. The van der Waals surface area contributed by atoms with E-state index in [1.165, 1.54) is 29.9 Å². The molecule has 0 bridgehead atoms. The highest BCUT2D eigenvalue weighted by atomic mass is 32.2. The molecule has 2 fully saturated rings. The van der Waals surface area contributed by atoms with Gasteiger partial charge in [0.15, 0.2) is 5.01 Å². The van der Waals surface area contributed by atoms with Gasteiger partial charge in [-0.3, -0.25) is 4.79 Å². The number of hydrogen-bond donors (Lipinski definition) is 2. The fourth-order valence-electron chi connectivity index (χ4n) is 5.08. The van der Waals surface area contributed by atoms with Crippen LogP contribution in [0.5, 0.6) is 5.75 Å². The molecule has 8 nitrogen and oxygen atoms in total. The number of carbonyl (C=O) groups excluding carboxylic acids is 1. The first-order valence-corrected chi connectivity index (χ1v) is 15.7. The van der Waals surface area contributed by atoms with Gasteiger partial charge >= 0.3 is 6.61 Å². The lowest BCUT2D eigenvalue weighted by Gasteiger charge is -2.22. The van der Waals surface area contributed by atoms with Crippen molar-refractivity contribution in [2.75, 3.05) is 13.2 Å². The van der Waals surface area contributed by atoms with Crippen molar-refractivity contribution in [3.05, 3.63) is 28.9 Å². The summed E-state index contributed by atoms with van der Waals surface area (Å²) in [5.41, 5.74) is 0.376. The molecule has 1 aromatic heterocycles. The van der Waals surface area contributed by atoms with Crippen LogP contribution in [0.3, 0.4) is 0 Å². The molecule has 0 unspecified atom stereocenters. The van der Waals surface area contributed by atoms with Gasteiger partial charge in [0.2, 0.25) is 10.0 Å². The third-order valence-electron chi connectivity index (χ3n) is 6.81. The molecule has 0 spiro atoms. The smallest absolute Gasteiger partial charge is 0.387 e. The normalized spacial score (nSPS) is 17.9. The summed E-state index contributed by atoms with van der Waals surface area (Å²) in [5.74, 6) is -0.316. The highest BCUT2D eigenvalue weighted by Crippen LogP contribution is 2.38. The van der Waals surface area contributed by atoms with E-state index in [2.05, 4.69) is 10.0 Å². The van der Waals surface area contributed by atoms with E-state index in [9.17, 15) is 22.0 Å². The lowest BCUT2D eigenvalue weighted by Crippen LogP contribution is -2.40. The van der Waals surface area contributed by atoms with Crippen LogP contribution in [0.25, 0.3) is 10.4 Å². The van der Waals surface area contributed by atoms with Gasteiger partial charge in [0.25, 0.3) is 5.91 Å². The molecule has 1 saturated carbocycles. The minimum atomic E-state index is -4.15. The van der Waals surface area contributed by atoms with Crippen molar-refractivity contribution in [3.8, 4) is 16.2 Å². The summed E-state index contributed by atoms with van der Waals surface area (Å²) in [7, 11) is -4.15. The van der Waals surface area contributed by atoms with Gasteiger partial charge in [-0.2, -0.15) is 8.78 Å². The predicted octanol–water partition coefficient (Wildman–Crippen LogP) is 5.52. The molecule has 1 aromatic carbocycles. The Morgan fingerprint density at radius 3 is 2.49 bits per heavy atom. The van der Waals surface area contributed by atoms with Crippen molar-refractivity contribution in [3.63, 3.8) is 0 Å². The molecule has 1 amide bonds. The van der Waals surface area contributed by atoms with Gasteiger partial charge in [-0.05, 0) is 63.6 Å². The van der Waals surface area contributed by atoms with E-state index in [0.717, 1.165) is 44.2 Å². The van der Waals surface area contributed by atoms with Crippen molar-refractivity contribution in [1.82, 2.24) is 15.0 Å². The number of aromatic nitrogens is 1. The van der Waals surface area contributed by atoms with Crippen LogP contribution < -0.4 is 14.8 Å². The van der Waals surface area contributed by atoms with Gasteiger partial charge < -0.3 is 14.8 Å². The Hall–Kier alpha value is -2.15. The first-order chi connectivity index (χ1) is 18.4. The summed E-state index contributed by atoms with van der Waals surface area (Å²) >= 11 is 1.19. The van der Waals surface area contributed by atoms with Crippen LogP contribution in [0.2, 0.25) is 0 Å². The van der Waals surface area contributed by atoms with E-state index in [1.54, 1.807) is 26.8 Å². The van der Waals surface area contributed by atoms with Crippen molar-refractivity contribution < 1.29 is 31.5 Å². The first kappa shape index (κ1) is 29.8. The molecule has 1 saturated heterocycles. The van der Waals surface area contributed by atoms with E-state index < -0.39 is 27.9 Å². The topological polar surface area (TPSA) is 107 Å². The average Bonchev–Trinajstić information content (AvgIpc) is 3.27. The largest absolute Gasteiger partial charge is 0.433 e. The van der Waals surface area contributed by atoms with Gasteiger partial charge in [0.1, 0.15) is 10.6 Å². The zero-order chi connectivity index (χ0) is 28.2. The Labute approximate surface area is 232 Å². The third kappa shape index (κ3) is 8.18. The van der Waals surface area contributed by atoms with Crippen molar-refractivity contribution >= 4 is 27.3 Å². The van der Waals surface area contributed by atoms with Crippen molar-refractivity contribution in [1.29, 1.82) is 0 Å². The number of sulfonamides is 1. The molecule has 12 heteroatoms. The van der Waals surface area contributed by atoms with E-state index in [-0.39, 0.29) is 16.8 Å². The highest BCUT2D eigenvalue weighted by Gasteiger charge is 2.29. The lowest BCUT2D eigenvalue weighted by atomic mass is 9.85. The van der Waals surface area contributed by atoms with E-state index >= 15 is 0 Å². The van der Waals surface area contributed by atoms with Crippen LogP contribution in [-0.4, -0.2) is 50.7 Å². The molecule has 1 aliphatic heterocycles. The van der Waals surface area contributed by atoms with Crippen molar-refractivity contribution in [2.45, 2.75) is 95.2 Å². The Balaban J connectivity index is 1.71. The molecular formula is C27H37F2N3O5S2. The summed E-state index contributed by atoms with van der Waals surface area (Å²) in [5, 5.41) is 3.33. The average molecular weight is 586 g/mol. The summed E-state index contributed by atoms with van der Waals surface area (Å²) in [6, 6.07) is 4.15. The molecule has 1 aliphatic carbocycles. The van der Waals surface area contributed by atoms with E-state index in [4.69, 9.17) is 14.5 Å². The number of amides is 1. The predicted molar refractivity (Wildman–Crippen MR) is 146 cm³/mol. The molecule has 2 heterocycles. The molecule has 0 atom stereocenters. The van der Waals surface area contributed by atoms with Crippen LogP contribution in [0.15, 0.2) is 23.1 Å². The number of benzene rings is 1. The standard InChI is InChI=1S/C27H37F2N3O5S2/c1-27(2,3)32-39(34,35)22-10-9-18(16-21(22)37-26(28)29)23-20(15-17-7-5-4-6-8-17)31-25(38-23)24(33)30-19-11-13-36-14-12-19/h9-10,16-17,19,26,32H,4-8,11-15H2,1-3H3,(H,30,33). The maximum atomic E-state index is 13.4. The second-order valence-corrected chi connectivity index (χ2v) is 13.9. The fourth-order valence-corrected chi connectivity index (χ4v) is 7.61.